The van der Waals surface area contributed by atoms with Gasteiger partial charge >= 0.3 is 0 Å². The predicted octanol–water partition coefficient (Wildman–Crippen LogP) is 4.28. The highest BCUT2D eigenvalue weighted by Crippen LogP contribution is 2.26. The molecule has 3 heteroatoms. The van der Waals surface area contributed by atoms with Crippen LogP contribution >= 0.6 is 0 Å². The zero-order chi connectivity index (χ0) is 13.8. The van der Waals surface area contributed by atoms with Crippen LogP contribution in [0.3, 0.4) is 0 Å². The van der Waals surface area contributed by atoms with Crippen LogP contribution in [-0.2, 0) is 4.43 Å². The van der Waals surface area contributed by atoms with Crippen molar-refractivity contribution in [3.63, 3.8) is 0 Å². The second kappa shape index (κ2) is 5.80. The van der Waals surface area contributed by atoms with Crippen molar-refractivity contribution < 1.29 is 9.22 Å². The van der Waals surface area contributed by atoms with Crippen molar-refractivity contribution in [1.82, 2.24) is 0 Å². The summed E-state index contributed by atoms with van der Waals surface area (Å²) in [6.45, 7) is 10.6. The lowest BCUT2D eigenvalue weighted by atomic mass is 9.93. The summed E-state index contributed by atoms with van der Waals surface area (Å²) in [6, 6.07) is 9.46. The fourth-order valence-corrected chi connectivity index (χ4v) is 3.73. The van der Waals surface area contributed by atoms with E-state index in [1.165, 1.54) is 0 Å². The van der Waals surface area contributed by atoms with Gasteiger partial charge in [0.1, 0.15) is 0 Å². The summed E-state index contributed by atoms with van der Waals surface area (Å²) in [5, 5.41) is 0. The highest BCUT2D eigenvalue weighted by molar-refractivity contribution is 6.69. The normalized spacial score (nSPS) is 15.2. The van der Waals surface area contributed by atoms with E-state index in [9.17, 15) is 4.79 Å². The van der Waals surface area contributed by atoms with E-state index < -0.39 is 8.32 Å². The van der Waals surface area contributed by atoms with E-state index in [2.05, 4.69) is 26.6 Å². The van der Waals surface area contributed by atoms with Crippen LogP contribution in [0.15, 0.2) is 30.3 Å². The SMILES string of the molecule is CCC(C)(CC(=O)c1ccccc1)O[Si](C)(C)C. The molecule has 100 valence electrons. The number of Topliss-reactive ketones (excluding diaryl/α,β-unsaturated/α-hetero) is 1. The maximum atomic E-state index is 12.2. The van der Waals surface area contributed by atoms with E-state index >= 15 is 0 Å². The van der Waals surface area contributed by atoms with Gasteiger partial charge in [-0.3, -0.25) is 4.79 Å². The maximum absolute atomic E-state index is 12.2. The number of hydrogen-bond donors (Lipinski definition) is 0. The molecule has 0 aliphatic heterocycles. The first-order valence-corrected chi connectivity index (χ1v) is 9.95. The Morgan fingerprint density at radius 3 is 2.22 bits per heavy atom. The molecular weight excluding hydrogens is 240 g/mol. The van der Waals surface area contributed by atoms with Gasteiger partial charge in [0, 0.05) is 12.0 Å². The molecule has 0 aromatic heterocycles. The minimum atomic E-state index is -1.63. The third-order valence-corrected chi connectivity index (χ3v) is 4.04. The standard InChI is InChI=1S/C15H24O2Si/c1-6-15(2,17-18(3,4)5)12-14(16)13-10-8-7-9-11-13/h7-11H,6,12H2,1-5H3. The molecular formula is C15H24O2Si. The maximum Gasteiger partial charge on any atom is 0.184 e. The van der Waals surface area contributed by atoms with Crippen molar-refractivity contribution >= 4 is 14.1 Å². The van der Waals surface area contributed by atoms with Gasteiger partial charge < -0.3 is 4.43 Å². The zero-order valence-electron chi connectivity index (χ0n) is 12.1. The second-order valence-electron chi connectivity index (χ2n) is 5.98. The van der Waals surface area contributed by atoms with E-state index in [4.69, 9.17) is 4.43 Å². The average Bonchev–Trinajstić information content (AvgIpc) is 2.27. The minimum Gasteiger partial charge on any atom is -0.412 e. The molecule has 1 aromatic carbocycles. The molecule has 1 rings (SSSR count). The van der Waals surface area contributed by atoms with Crippen molar-refractivity contribution in [2.75, 3.05) is 0 Å². The number of hydrogen-bond acceptors (Lipinski definition) is 2. The van der Waals surface area contributed by atoms with Crippen LogP contribution in [0, 0.1) is 0 Å². The summed E-state index contributed by atoms with van der Waals surface area (Å²) in [5.41, 5.74) is 0.438. The third kappa shape index (κ3) is 4.74. The molecule has 0 heterocycles. The Morgan fingerprint density at radius 1 is 1.22 bits per heavy atom. The fraction of sp³-hybridized carbons (Fsp3) is 0.533. The number of carbonyl (C=O) groups is 1. The first kappa shape index (κ1) is 15.1. The van der Waals surface area contributed by atoms with E-state index in [1.807, 2.05) is 37.3 Å². The van der Waals surface area contributed by atoms with Crippen molar-refractivity contribution in [1.29, 1.82) is 0 Å². The molecule has 2 nitrogen and oxygen atoms in total. The van der Waals surface area contributed by atoms with Gasteiger partial charge in [0.25, 0.3) is 0 Å². The highest BCUT2D eigenvalue weighted by Gasteiger charge is 2.32. The summed E-state index contributed by atoms with van der Waals surface area (Å²) >= 11 is 0. The molecule has 0 saturated heterocycles. The minimum absolute atomic E-state index is 0.165. The fourth-order valence-electron chi connectivity index (χ4n) is 2.04. The summed E-state index contributed by atoms with van der Waals surface area (Å²) < 4.78 is 6.18. The third-order valence-electron chi connectivity index (χ3n) is 2.93. The Bertz CT molecular complexity index is 395. The smallest absolute Gasteiger partial charge is 0.184 e. The van der Waals surface area contributed by atoms with Crippen LogP contribution in [0.2, 0.25) is 19.6 Å². The first-order chi connectivity index (χ1) is 8.26. The number of benzene rings is 1. The molecule has 0 bridgehead atoms. The number of ketones is 1. The second-order valence-corrected chi connectivity index (χ2v) is 10.4. The van der Waals surface area contributed by atoms with Gasteiger partial charge in [-0.1, -0.05) is 37.3 Å². The Hall–Kier alpha value is -0.933. The van der Waals surface area contributed by atoms with Crippen LogP contribution in [-0.4, -0.2) is 19.7 Å². The van der Waals surface area contributed by atoms with Gasteiger partial charge in [0.2, 0.25) is 0 Å². The first-order valence-electron chi connectivity index (χ1n) is 6.54. The molecule has 0 amide bonds. The average molecular weight is 264 g/mol. The van der Waals surface area contributed by atoms with Gasteiger partial charge in [0.05, 0.1) is 5.60 Å². The Balaban J connectivity index is 2.77. The number of rotatable bonds is 6. The van der Waals surface area contributed by atoms with Crippen LogP contribution < -0.4 is 0 Å². The van der Waals surface area contributed by atoms with Crippen LogP contribution in [0.5, 0.6) is 0 Å². The topological polar surface area (TPSA) is 26.3 Å². The predicted molar refractivity (Wildman–Crippen MR) is 78.5 cm³/mol. The molecule has 1 aromatic rings. The van der Waals surface area contributed by atoms with E-state index in [0.29, 0.717) is 6.42 Å². The van der Waals surface area contributed by atoms with E-state index in [1.54, 1.807) is 0 Å². The molecule has 0 fully saturated rings. The van der Waals surface area contributed by atoms with Crippen molar-refractivity contribution in [2.24, 2.45) is 0 Å². The van der Waals surface area contributed by atoms with Crippen molar-refractivity contribution in [3.05, 3.63) is 35.9 Å². The van der Waals surface area contributed by atoms with E-state index in [0.717, 1.165) is 12.0 Å². The summed E-state index contributed by atoms with van der Waals surface area (Å²) in [5.74, 6) is 0.165. The largest absolute Gasteiger partial charge is 0.412 e. The van der Waals surface area contributed by atoms with Crippen molar-refractivity contribution in [3.8, 4) is 0 Å². The Labute approximate surface area is 111 Å². The highest BCUT2D eigenvalue weighted by atomic mass is 28.4. The summed E-state index contributed by atoms with van der Waals surface area (Å²) in [4.78, 5) is 12.2. The molecule has 0 aliphatic rings. The molecule has 0 N–H and O–H groups in total. The van der Waals surface area contributed by atoms with Crippen molar-refractivity contribution in [2.45, 2.75) is 51.9 Å². The Kier molecular flexibility index (Phi) is 4.88. The lowest BCUT2D eigenvalue weighted by Gasteiger charge is -2.35. The number of carbonyl (C=O) groups excluding carboxylic acids is 1. The van der Waals surface area contributed by atoms with Crippen LogP contribution in [0.4, 0.5) is 0 Å². The summed E-state index contributed by atoms with van der Waals surface area (Å²) in [7, 11) is -1.63. The monoisotopic (exact) mass is 264 g/mol. The Morgan fingerprint density at radius 2 is 1.78 bits per heavy atom. The molecule has 0 spiro atoms. The van der Waals surface area contributed by atoms with Crippen LogP contribution in [0.1, 0.15) is 37.0 Å². The molecule has 18 heavy (non-hydrogen) atoms. The van der Waals surface area contributed by atoms with Gasteiger partial charge in [-0.25, -0.2) is 0 Å². The van der Waals surface area contributed by atoms with Gasteiger partial charge in [-0.2, -0.15) is 0 Å². The quantitative estimate of drug-likeness (QED) is 0.566. The lowest BCUT2D eigenvalue weighted by molar-refractivity contribution is 0.0562. The molecule has 0 saturated carbocycles. The van der Waals surface area contributed by atoms with Gasteiger partial charge in [-0.05, 0) is 33.0 Å². The lowest BCUT2D eigenvalue weighted by Crippen LogP contribution is -2.41. The van der Waals surface area contributed by atoms with Gasteiger partial charge in [0.15, 0.2) is 14.1 Å². The zero-order valence-corrected chi connectivity index (χ0v) is 13.1. The molecule has 1 unspecified atom stereocenters. The van der Waals surface area contributed by atoms with Crippen LogP contribution in [0.25, 0.3) is 0 Å². The van der Waals surface area contributed by atoms with Gasteiger partial charge in [-0.15, -0.1) is 0 Å². The summed E-state index contributed by atoms with van der Waals surface area (Å²) in [6.07, 6.45) is 1.31. The molecule has 0 radical (unpaired) electrons. The van der Waals surface area contributed by atoms with E-state index in [-0.39, 0.29) is 11.4 Å². The molecule has 0 aliphatic carbocycles. The molecule has 1 atom stereocenters.